The highest BCUT2D eigenvalue weighted by molar-refractivity contribution is 5.97. The minimum atomic E-state index is -0.274. The number of benzene rings is 2. The number of carbonyl (C=O) groups is 1. The van der Waals surface area contributed by atoms with Crippen molar-refractivity contribution in [1.29, 1.82) is 0 Å². The maximum atomic E-state index is 12.8. The highest BCUT2D eigenvalue weighted by Gasteiger charge is 2.21. The summed E-state index contributed by atoms with van der Waals surface area (Å²) >= 11 is 0. The minimum absolute atomic E-state index is 0.274. The topological polar surface area (TPSA) is 31.2 Å². The molecule has 0 aliphatic heterocycles. The first-order chi connectivity index (χ1) is 12.6. The predicted octanol–water partition coefficient (Wildman–Crippen LogP) is 4.27. The molecule has 0 amide bonds. The molecule has 1 aromatic heterocycles. The molecule has 0 N–H and O–H groups in total. The van der Waals surface area contributed by atoms with Gasteiger partial charge in [0.1, 0.15) is 18.8 Å². The summed E-state index contributed by atoms with van der Waals surface area (Å²) in [6, 6.07) is 19.9. The molecule has 0 atom stereocenters. The lowest BCUT2D eigenvalue weighted by Gasteiger charge is -2.31. The molecule has 0 radical (unpaired) electrons. The predicted molar refractivity (Wildman–Crippen MR) is 106 cm³/mol. The van der Waals surface area contributed by atoms with Gasteiger partial charge in [0.2, 0.25) is 0 Å². The first-order valence-corrected chi connectivity index (χ1v) is 9.24. The van der Waals surface area contributed by atoms with E-state index in [-0.39, 0.29) is 5.97 Å². The van der Waals surface area contributed by atoms with Crippen molar-refractivity contribution >= 4 is 16.9 Å². The van der Waals surface area contributed by atoms with Gasteiger partial charge in [-0.1, -0.05) is 36.4 Å². The number of nitrogens with zero attached hydrogens (tertiary/aromatic N) is 2. The van der Waals surface area contributed by atoms with Crippen molar-refractivity contribution in [1.82, 2.24) is 4.57 Å². The Hall–Kier alpha value is -2.59. The van der Waals surface area contributed by atoms with Gasteiger partial charge in [-0.15, -0.1) is 0 Å². The van der Waals surface area contributed by atoms with E-state index in [0.29, 0.717) is 12.3 Å². The molecule has 3 aromatic rings. The van der Waals surface area contributed by atoms with Crippen molar-refractivity contribution in [2.75, 3.05) is 33.3 Å². The molecule has 136 valence electrons. The molecule has 4 nitrogen and oxygen atoms in total. The largest absolute Gasteiger partial charge is 0.455 e. The molecule has 0 saturated heterocycles. The molecule has 2 aromatic carbocycles. The van der Waals surface area contributed by atoms with Crippen LogP contribution >= 0.6 is 0 Å². The number of aromatic nitrogens is 1. The Balaban J connectivity index is 1.89. The van der Waals surface area contributed by atoms with E-state index >= 15 is 0 Å². The molecular formula is C22H27N2O2+. The zero-order chi connectivity index (χ0) is 18.6. The highest BCUT2D eigenvalue weighted by atomic mass is 16.5. The number of fused-ring (bicyclic) bond motifs is 1. The highest BCUT2D eigenvalue weighted by Crippen LogP contribution is 2.25. The number of hydrogen-bond donors (Lipinski definition) is 0. The van der Waals surface area contributed by atoms with Crippen LogP contribution in [0, 0.1) is 0 Å². The Morgan fingerprint density at radius 3 is 2.35 bits per heavy atom. The number of likely N-dealkylation sites (N-methyl/N-ethyl adjacent to an activating group) is 1. The van der Waals surface area contributed by atoms with Crippen LogP contribution in [0.3, 0.4) is 0 Å². The van der Waals surface area contributed by atoms with Gasteiger partial charge in [0.25, 0.3) is 0 Å². The van der Waals surface area contributed by atoms with Crippen molar-refractivity contribution in [3.63, 3.8) is 0 Å². The van der Waals surface area contributed by atoms with E-state index in [9.17, 15) is 4.79 Å². The van der Waals surface area contributed by atoms with E-state index < -0.39 is 0 Å². The van der Waals surface area contributed by atoms with Crippen molar-refractivity contribution in [2.24, 2.45) is 0 Å². The summed E-state index contributed by atoms with van der Waals surface area (Å²) < 4.78 is 8.52. The second-order valence-corrected chi connectivity index (χ2v) is 6.87. The fourth-order valence-electron chi connectivity index (χ4n) is 3.13. The Labute approximate surface area is 155 Å². The fourth-order valence-corrected chi connectivity index (χ4v) is 3.13. The lowest BCUT2D eigenvalue weighted by Crippen LogP contribution is -2.46. The second-order valence-electron chi connectivity index (χ2n) is 6.87. The van der Waals surface area contributed by atoms with Crippen LogP contribution in [0.4, 0.5) is 0 Å². The van der Waals surface area contributed by atoms with Gasteiger partial charge >= 0.3 is 5.97 Å². The van der Waals surface area contributed by atoms with Gasteiger partial charge < -0.3 is 13.8 Å². The Bertz CT molecular complexity index is 880. The van der Waals surface area contributed by atoms with Crippen LogP contribution in [0.2, 0.25) is 0 Å². The van der Waals surface area contributed by atoms with Crippen LogP contribution in [0.15, 0.2) is 60.7 Å². The number of para-hydroxylation sites is 2. The second kappa shape index (κ2) is 7.75. The summed E-state index contributed by atoms with van der Waals surface area (Å²) in [6.45, 7) is 7.63. The Morgan fingerprint density at radius 2 is 1.65 bits per heavy atom. The minimum Gasteiger partial charge on any atom is -0.455 e. The number of carbonyl (C=O) groups excluding carboxylic acids is 1. The maximum Gasteiger partial charge on any atom is 0.355 e. The molecule has 0 bridgehead atoms. The summed E-state index contributed by atoms with van der Waals surface area (Å²) in [7, 11) is 2.19. The lowest BCUT2D eigenvalue weighted by atomic mass is 10.2. The van der Waals surface area contributed by atoms with E-state index in [1.54, 1.807) is 0 Å². The van der Waals surface area contributed by atoms with Crippen LogP contribution in [-0.2, 0) is 4.74 Å². The molecule has 3 rings (SSSR count). The van der Waals surface area contributed by atoms with Crippen molar-refractivity contribution in [3.05, 3.63) is 66.4 Å². The smallest absolute Gasteiger partial charge is 0.355 e. The normalized spacial score (nSPS) is 11.7. The van der Waals surface area contributed by atoms with Crippen LogP contribution in [0.5, 0.6) is 0 Å². The van der Waals surface area contributed by atoms with Gasteiger partial charge in [-0.3, -0.25) is 0 Å². The summed E-state index contributed by atoms with van der Waals surface area (Å²) in [4.78, 5) is 12.8. The average molecular weight is 351 g/mol. The zero-order valence-electron chi connectivity index (χ0n) is 15.8. The summed E-state index contributed by atoms with van der Waals surface area (Å²) in [5.74, 6) is -0.274. The Kier molecular flexibility index (Phi) is 5.43. The molecular weight excluding hydrogens is 324 g/mol. The quantitative estimate of drug-likeness (QED) is 0.470. The molecule has 0 aliphatic carbocycles. The van der Waals surface area contributed by atoms with Gasteiger partial charge in [-0.05, 0) is 38.1 Å². The lowest BCUT2D eigenvalue weighted by molar-refractivity contribution is -0.906. The fraction of sp³-hybridized carbons (Fsp3) is 0.318. The van der Waals surface area contributed by atoms with Gasteiger partial charge in [0.15, 0.2) is 0 Å². The number of ether oxygens (including phenoxy) is 1. The van der Waals surface area contributed by atoms with Gasteiger partial charge in [-0.2, -0.15) is 0 Å². The third kappa shape index (κ3) is 3.65. The number of quaternary nitrogens is 1. The third-order valence-electron chi connectivity index (χ3n) is 5.33. The molecule has 0 aliphatic rings. The maximum absolute atomic E-state index is 12.8. The van der Waals surface area contributed by atoms with Crippen LogP contribution in [0.25, 0.3) is 16.6 Å². The van der Waals surface area contributed by atoms with Crippen LogP contribution < -0.4 is 0 Å². The molecule has 4 heteroatoms. The summed E-state index contributed by atoms with van der Waals surface area (Å²) in [5.41, 5.74) is 2.54. The third-order valence-corrected chi connectivity index (χ3v) is 5.33. The van der Waals surface area contributed by atoms with Gasteiger partial charge in [-0.25, -0.2) is 4.79 Å². The monoisotopic (exact) mass is 351 g/mol. The molecule has 0 spiro atoms. The molecule has 0 unspecified atom stereocenters. The SMILES string of the molecule is CC[N+](C)(CC)CCOC(=O)c1cc2ccccc2n1-c1ccccc1. The van der Waals surface area contributed by atoms with E-state index in [2.05, 4.69) is 20.9 Å². The molecule has 1 heterocycles. The number of esters is 1. The molecule has 0 fully saturated rings. The van der Waals surface area contributed by atoms with E-state index in [0.717, 1.165) is 40.7 Å². The van der Waals surface area contributed by atoms with Crippen molar-refractivity contribution < 1.29 is 14.0 Å². The van der Waals surface area contributed by atoms with Crippen LogP contribution in [-0.4, -0.2) is 48.3 Å². The molecule has 26 heavy (non-hydrogen) atoms. The van der Waals surface area contributed by atoms with Gasteiger partial charge in [0, 0.05) is 11.1 Å². The van der Waals surface area contributed by atoms with Crippen molar-refractivity contribution in [2.45, 2.75) is 13.8 Å². The first kappa shape index (κ1) is 18.2. The zero-order valence-corrected chi connectivity index (χ0v) is 15.8. The average Bonchev–Trinajstić information content (AvgIpc) is 3.08. The number of hydrogen-bond acceptors (Lipinski definition) is 2. The number of rotatable bonds is 7. The van der Waals surface area contributed by atoms with Crippen LogP contribution in [0.1, 0.15) is 24.3 Å². The van der Waals surface area contributed by atoms with E-state index in [4.69, 9.17) is 4.74 Å². The first-order valence-electron chi connectivity index (χ1n) is 9.24. The summed E-state index contributed by atoms with van der Waals surface area (Å²) in [6.07, 6.45) is 0. The standard InChI is InChI=1S/C22H27N2O2/c1-4-24(3,5-2)15-16-26-22(25)21-17-18-11-9-10-14-20(18)23(21)19-12-7-6-8-13-19/h6-14,17H,4-5,15-16H2,1-3H3/q+1. The van der Waals surface area contributed by atoms with Crippen molar-refractivity contribution in [3.8, 4) is 5.69 Å². The van der Waals surface area contributed by atoms with E-state index in [1.807, 2.05) is 65.2 Å². The Morgan fingerprint density at radius 1 is 1.00 bits per heavy atom. The summed E-state index contributed by atoms with van der Waals surface area (Å²) in [5, 5.41) is 1.03. The van der Waals surface area contributed by atoms with Gasteiger partial charge in [0.05, 0.1) is 25.7 Å². The van der Waals surface area contributed by atoms with E-state index in [1.165, 1.54) is 0 Å². The molecule has 0 saturated carbocycles.